The number of carbonyl (C=O) groups excluding carboxylic acids is 1. The van der Waals surface area contributed by atoms with Crippen LogP contribution in [0.15, 0.2) is 66.7 Å². The summed E-state index contributed by atoms with van der Waals surface area (Å²) in [6.07, 6.45) is 0. The van der Waals surface area contributed by atoms with Crippen molar-refractivity contribution in [3.63, 3.8) is 0 Å². The molecule has 0 aliphatic rings. The van der Waals surface area contributed by atoms with Gasteiger partial charge in [-0.2, -0.15) is 5.10 Å². The molecule has 6 nitrogen and oxygen atoms in total. The number of methoxy groups -OCH3 is 1. The number of hydrogen-bond acceptors (Lipinski definition) is 5. The largest absolute Gasteiger partial charge is 0.496 e. The van der Waals surface area contributed by atoms with E-state index < -0.39 is 0 Å². The van der Waals surface area contributed by atoms with Crippen molar-refractivity contribution in [3.05, 3.63) is 83.7 Å². The molecule has 7 heteroatoms. The highest BCUT2D eigenvalue weighted by Gasteiger charge is 2.25. The molecular weight excluding hydrogens is 432 g/mol. The molecule has 0 saturated carbocycles. The van der Waals surface area contributed by atoms with Gasteiger partial charge in [-0.15, -0.1) is 0 Å². The van der Waals surface area contributed by atoms with Crippen LogP contribution in [0, 0.1) is 13.8 Å². The van der Waals surface area contributed by atoms with Crippen LogP contribution in [0.4, 0.5) is 5.13 Å². The topological polar surface area (TPSA) is 60.2 Å². The lowest BCUT2D eigenvalue weighted by Crippen LogP contribution is -2.34. The minimum absolute atomic E-state index is 0.141. The van der Waals surface area contributed by atoms with E-state index in [0.717, 1.165) is 32.4 Å². The van der Waals surface area contributed by atoms with E-state index in [2.05, 4.69) is 5.10 Å². The third kappa shape index (κ3) is 4.07. The van der Waals surface area contributed by atoms with Gasteiger partial charge in [-0.25, -0.2) is 4.98 Å². The van der Waals surface area contributed by atoms with Crippen LogP contribution in [0.5, 0.6) is 5.75 Å². The van der Waals surface area contributed by atoms with E-state index in [4.69, 9.17) is 9.72 Å². The first kappa shape index (κ1) is 21.2. The Labute approximate surface area is 196 Å². The van der Waals surface area contributed by atoms with Gasteiger partial charge in [0.25, 0.3) is 5.91 Å². The molecule has 2 aromatic heterocycles. The number of amides is 1. The van der Waals surface area contributed by atoms with Gasteiger partial charge in [0.15, 0.2) is 5.13 Å². The van der Waals surface area contributed by atoms with Gasteiger partial charge in [-0.05, 0) is 55.0 Å². The van der Waals surface area contributed by atoms with Gasteiger partial charge in [-0.3, -0.25) is 14.4 Å². The van der Waals surface area contributed by atoms with Crippen molar-refractivity contribution in [2.45, 2.75) is 20.4 Å². The minimum Gasteiger partial charge on any atom is -0.496 e. The van der Waals surface area contributed by atoms with Crippen molar-refractivity contribution >= 4 is 43.4 Å². The number of aromatic nitrogens is 3. The van der Waals surface area contributed by atoms with Crippen LogP contribution in [-0.2, 0) is 6.54 Å². The van der Waals surface area contributed by atoms with Gasteiger partial charge in [-0.1, -0.05) is 47.7 Å². The number of hydrogen-bond donors (Lipinski definition) is 0. The van der Waals surface area contributed by atoms with E-state index in [1.807, 2.05) is 85.3 Å². The van der Waals surface area contributed by atoms with Gasteiger partial charge in [0.05, 0.1) is 35.1 Å². The number of nitrogens with zero attached hydrogens (tertiary/aromatic N) is 4. The lowest BCUT2D eigenvalue weighted by atomic mass is 10.0. The lowest BCUT2D eigenvalue weighted by molar-refractivity contribution is 0.0983. The molecule has 0 spiro atoms. The zero-order valence-electron chi connectivity index (χ0n) is 18.8. The van der Waals surface area contributed by atoms with Crippen LogP contribution in [0.1, 0.15) is 21.7 Å². The molecule has 0 radical (unpaired) electrons. The lowest BCUT2D eigenvalue weighted by Gasteiger charge is -2.22. The number of para-hydroxylation sites is 1. The Kier molecular flexibility index (Phi) is 5.56. The first-order valence-corrected chi connectivity index (χ1v) is 11.6. The number of carbonyl (C=O) groups is 1. The van der Waals surface area contributed by atoms with Crippen LogP contribution in [-0.4, -0.2) is 34.3 Å². The summed E-state index contributed by atoms with van der Waals surface area (Å²) in [5.41, 5.74) is 3.42. The summed E-state index contributed by atoms with van der Waals surface area (Å²) in [5.74, 6) is 0.411. The minimum atomic E-state index is -0.141. The molecule has 0 bridgehead atoms. The van der Waals surface area contributed by atoms with Crippen LogP contribution < -0.4 is 9.64 Å². The maximum atomic E-state index is 13.9. The molecule has 166 valence electrons. The maximum absolute atomic E-state index is 13.9. The third-order valence-electron chi connectivity index (χ3n) is 5.70. The van der Waals surface area contributed by atoms with Crippen molar-refractivity contribution in [1.82, 2.24) is 14.8 Å². The summed E-state index contributed by atoms with van der Waals surface area (Å²) in [5, 5.41) is 7.25. The molecule has 0 aliphatic heterocycles. The second-order valence-electron chi connectivity index (χ2n) is 7.97. The summed E-state index contributed by atoms with van der Waals surface area (Å²) < 4.78 is 8.60. The SMILES string of the molecule is COc1cc2ccccc2cc1C(=O)N(CCn1nc(C)cc1C)c1nc2ccccc2s1. The van der Waals surface area contributed by atoms with Crippen LogP contribution >= 0.6 is 11.3 Å². The van der Waals surface area contributed by atoms with Crippen LogP contribution in [0.25, 0.3) is 21.0 Å². The van der Waals surface area contributed by atoms with Gasteiger partial charge in [0.2, 0.25) is 0 Å². The molecule has 33 heavy (non-hydrogen) atoms. The number of ether oxygens (including phenoxy) is 1. The van der Waals surface area contributed by atoms with Gasteiger partial charge < -0.3 is 4.74 Å². The molecule has 3 aromatic carbocycles. The molecule has 0 fully saturated rings. The number of anilines is 1. The second kappa shape index (κ2) is 8.67. The highest BCUT2D eigenvalue weighted by atomic mass is 32.1. The van der Waals surface area contributed by atoms with E-state index in [1.165, 1.54) is 11.3 Å². The molecule has 0 unspecified atom stereocenters. The average molecular weight is 457 g/mol. The van der Waals surface area contributed by atoms with Crippen LogP contribution in [0.3, 0.4) is 0 Å². The Balaban J connectivity index is 1.57. The fraction of sp³-hybridized carbons (Fsp3) is 0.192. The van der Waals surface area contributed by atoms with Crippen molar-refractivity contribution in [1.29, 1.82) is 0 Å². The molecule has 0 atom stereocenters. The first-order chi connectivity index (χ1) is 16.0. The highest BCUT2D eigenvalue weighted by Crippen LogP contribution is 2.32. The van der Waals surface area contributed by atoms with Crippen molar-refractivity contribution in [2.24, 2.45) is 0 Å². The first-order valence-electron chi connectivity index (χ1n) is 10.8. The molecule has 0 aliphatic carbocycles. The quantitative estimate of drug-likeness (QED) is 0.333. The molecule has 1 amide bonds. The Morgan fingerprint density at radius 3 is 2.45 bits per heavy atom. The Bertz CT molecular complexity index is 1440. The summed E-state index contributed by atoms with van der Waals surface area (Å²) in [6, 6.07) is 21.8. The molecule has 0 saturated heterocycles. The molecule has 5 aromatic rings. The maximum Gasteiger partial charge on any atom is 0.263 e. The van der Waals surface area contributed by atoms with E-state index in [0.29, 0.717) is 29.5 Å². The monoisotopic (exact) mass is 456 g/mol. The van der Waals surface area contributed by atoms with Crippen molar-refractivity contribution in [2.75, 3.05) is 18.6 Å². The fourth-order valence-electron chi connectivity index (χ4n) is 4.06. The number of thiazole rings is 1. The molecule has 2 heterocycles. The molecule has 0 N–H and O–H groups in total. The highest BCUT2D eigenvalue weighted by molar-refractivity contribution is 7.22. The Hall–Kier alpha value is -3.71. The van der Waals surface area contributed by atoms with E-state index >= 15 is 0 Å². The zero-order valence-corrected chi connectivity index (χ0v) is 19.6. The summed E-state index contributed by atoms with van der Waals surface area (Å²) in [6.45, 7) is 5.00. The van der Waals surface area contributed by atoms with Crippen molar-refractivity contribution in [3.8, 4) is 5.75 Å². The Morgan fingerprint density at radius 2 is 1.76 bits per heavy atom. The number of fused-ring (bicyclic) bond motifs is 2. The van der Waals surface area contributed by atoms with Gasteiger partial charge in [0.1, 0.15) is 5.75 Å². The summed E-state index contributed by atoms with van der Waals surface area (Å²) in [7, 11) is 1.60. The van der Waals surface area contributed by atoms with Crippen LogP contribution in [0.2, 0.25) is 0 Å². The van der Waals surface area contributed by atoms with Gasteiger partial charge >= 0.3 is 0 Å². The smallest absolute Gasteiger partial charge is 0.263 e. The van der Waals surface area contributed by atoms with E-state index in [9.17, 15) is 4.79 Å². The third-order valence-corrected chi connectivity index (χ3v) is 6.76. The fourth-order valence-corrected chi connectivity index (χ4v) is 5.05. The van der Waals surface area contributed by atoms with E-state index in [-0.39, 0.29) is 5.91 Å². The molecular formula is C26H24N4O2S. The Morgan fingerprint density at radius 1 is 1.03 bits per heavy atom. The average Bonchev–Trinajstić information content (AvgIpc) is 3.40. The van der Waals surface area contributed by atoms with Gasteiger partial charge in [0, 0.05) is 12.2 Å². The number of rotatable bonds is 6. The predicted octanol–water partition coefficient (Wildman–Crippen LogP) is 5.62. The predicted molar refractivity (Wildman–Crippen MR) is 133 cm³/mol. The van der Waals surface area contributed by atoms with Crippen molar-refractivity contribution < 1.29 is 9.53 Å². The summed E-state index contributed by atoms with van der Waals surface area (Å²) >= 11 is 1.51. The van der Waals surface area contributed by atoms with E-state index in [1.54, 1.807) is 12.0 Å². The summed E-state index contributed by atoms with van der Waals surface area (Å²) in [4.78, 5) is 20.5. The standard InChI is InChI=1S/C26H24N4O2S/c1-17-14-18(2)30(28-17)13-12-29(26-27-22-10-6-7-11-24(22)33-26)25(31)21-15-19-8-4-5-9-20(19)16-23(21)32-3/h4-11,14-16H,12-13H2,1-3H3. The zero-order chi connectivity index (χ0) is 22.9. The molecule has 5 rings (SSSR count). The number of benzene rings is 3. The normalized spacial score (nSPS) is 11.2. The second-order valence-corrected chi connectivity index (χ2v) is 8.98. The number of aryl methyl sites for hydroxylation is 2.